The Morgan fingerprint density at radius 3 is 2.77 bits per heavy atom. The van der Waals surface area contributed by atoms with E-state index in [-0.39, 0.29) is 16.8 Å². The number of thioether (sulfide) groups is 1. The van der Waals surface area contributed by atoms with Crippen LogP contribution in [0.4, 0.5) is 11.4 Å². The number of anilines is 2. The molecular weight excluding hydrogens is 424 g/mol. The highest BCUT2D eigenvalue weighted by atomic mass is 32.2. The number of benzene rings is 2. The molecule has 0 saturated carbocycles. The summed E-state index contributed by atoms with van der Waals surface area (Å²) in [4.78, 5) is 13.7. The van der Waals surface area contributed by atoms with Crippen LogP contribution in [0, 0.1) is 0 Å². The largest absolute Gasteiger partial charge is 0.309 e. The Morgan fingerprint density at radius 2 is 2.03 bits per heavy atom. The molecule has 9 nitrogen and oxygen atoms in total. The Kier molecular flexibility index (Phi) is 5.24. The summed E-state index contributed by atoms with van der Waals surface area (Å²) in [6, 6.07) is 11.7. The van der Waals surface area contributed by atoms with Gasteiger partial charge in [0.05, 0.1) is 16.3 Å². The number of sulfonamides is 1. The van der Waals surface area contributed by atoms with E-state index in [9.17, 15) is 13.2 Å². The van der Waals surface area contributed by atoms with Gasteiger partial charge in [-0.3, -0.25) is 9.52 Å². The highest BCUT2D eigenvalue weighted by molar-refractivity contribution is 7.98. The highest BCUT2D eigenvalue weighted by Gasteiger charge is 2.30. The molecule has 2 heterocycles. The lowest BCUT2D eigenvalue weighted by atomic mass is 10.1. The molecular formula is C19H20N6O3S2. The third-order valence-electron chi connectivity index (χ3n) is 4.88. The molecule has 0 spiro atoms. The van der Waals surface area contributed by atoms with Gasteiger partial charge in [0.15, 0.2) is 0 Å². The zero-order valence-electron chi connectivity index (χ0n) is 16.6. The Morgan fingerprint density at radius 1 is 1.23 bits per heavy atom. The van der Waals surface area contributed by atoms with E-state index >= 15 is 0 Å². The third kappa shape index (κ3) is 3.65. The van der Waals surface area contributed by atoms with Crippen molar-refractivity contribution in [3.05, 3.63) is 48.0 Å². The lowest BCUT2D eigenvalue weighted by Crippen LogP contribution is -2.33. The molecule has 0 aliphatic carbocycles. The molecule has 2 aromatic carbocycles. The predicted octanol–water partition coefficient (Wildman–Crippen LogP) is 2.48. The minimum absolute atomic E-state index is 0.00187. The topological polar surface area (TPSA) is 110 Å². The van der Waals surface area contributed by atoms with Crippen LogP contribution in [0.15, 0.2) is 52.5 Å². The lowest BCUT2D eigenvalue weighted by Gasteiger charge is -2.20. The summed E-state index contributed by atoms with van der Waals surface area (Å²) < 4.78 is 30.1. The second-order valence-electron chi connectivity index (χ2n) is 6.97. The van der Waals surface area contributed by atoms with E-state index in [0.29, 0.717) is 23.0 Å². The number of carbonyl (C=O) groups excluding carboxylic acids is 1. The van der Waals surface area contributed by atoms with Gasteiger partial charge < -0.3 is 4.90 Å². The van der Waals surface area contributed by atoms with Gasteiger partial charge in [-0.2, -0.15) is 4.68 Å². The second-order valence-corrected chi connectivity index (χ2v) is 9.42. The van der Waals surface area contributed by atoms with Gasteiger partial charge in [0.2, 0.25) is 11.1 Å². The summed E-state index contributed by atoms with van der Waals surface area (Å²) >= 11 is 1.39. The van der Waals surface area contributed by atoms with Crippen LogP contribution in [0.5, 0.6) is 0 Å². The first-order chi connectivity index (χ1) is 14.3. The van der Waals surface area contributed by atoms with Crippen molar-refractivity contribution in [1.82, 2.24) is 20.2 Å². The second kappa shape index (κ2) is 7.73. The first-order valence-corrected chi connectivity index (χ1v) is 11.9. The molecule has 1 aliphatic rings. The molecule has 4 rings (SSSR count). The number of nitrogens with zero attached hydrogens (tertiary/aromatic N) is 5. The molecule has 0 bridgehead atoms. The van der Waals surface area contributed by atoms with Crippen LogP contribution >= 0.6 is 11.8 Å². The minimum atomic E-state index is -3.81. The zero-order chi connectivity index (χ0) is 21.5. The van der Waals surface area contributed by atoms with Gasteiger partial charge in [0.25, 0.3) is 10.0 Å². The third-order valence-corrected chi connectivity index (χ3v) is 6.88. The van der Waals surface area contributed by atoms with Gasteiger partial charge in [-0.25, -0.2) is 8.42 Å². The van der Waals surface area contributed by atoms with E-state index in [1.165, 1.54) is 29.4 Å². The Labute approximate surface area is 178 Å². The van der Waals surface area contributed by atoms with Crippen molar-refractivity contribution in [1.29, 1.82) is 0 Å². The highest BCUT2D eigenvalue weighted by Crippen LogP contribution is 2.34. The number of nitrogens with one attached hydrogen (secondary N) is 1. The van der Waals surface area contributed by atoms with E-state index in [4.69, 9.17) is 0 Å². The molecule has 1 aliphatic heterocycles. The number of aromatic nitrogens is 4. The van der Waals surface area contributed by atoms with Crippen LogP contribution in [0.1, 0.15) is 19.4 Å². The summed E-state index contributed by atoms with van der Waals surface area (Å²) in [7, 11) is -3.81. The monoisotopic (exact) mass is 444 g/mol. The molecule has 156 valence electrons. The van der Waals surface area contributed by atoms with Crippen LogP contribution in [-0.2, 0) is 21.2 Å². The number of hydrogen-bond donors (Lipinski definition) is 1. The number of rotatable bonds is 5. The van der Waals surface area contributed by atoms with Crippen molar-refractivity contribution < 1.29 is 13.2 Å². The molecule has 11 heteroatoms. The van der Waals surface area contributed by atoms with Crippen LogP contribution < -0.4 is 9.62 Å². The summed E-state index contributed by atoms with van der Waals surface area (Å²) in [5.41, 5.74) is 2.64. The van der Waals surface area contributed by atoms with E-state index in [1.54, 1.807) is 41.3 Å². The van der Waals surface area contributed by atoms with Crippen LogP contribution in [0.3, 0.4) is 0 Å². The van der Waals surface area contributed by atoms with E-state index in [2.05, 4.69) is 20.2 Å². The standard InChI is InChI=1S/C19H20N6O3S2/c1-12-9-14-10-17(7-8-18(14)24(12)13(2)26)30(27,28)21-15-5-4-6-16(11-15)25-19(29-3)20-22-23-25/h4-8,10-12,21H,9H2,1-3H3. The summed E-state index contributed by atoms with van der Waals surface area (Å²) in [6.07, 6.45) is 2.47. The number of fused-ring (bicyclic) bond motifs is 1. The van der Waals surface area contributed by atoms with Crippen LogP contribution in [0.25, 0.3) is 5.69 Å². The maximum absolute atomic E-state index is 13.0. The van der Waals surface area contributed by atoms with Crippen molar-refractivity contribution in [2.45, 2.75) is 36.4 Å². The quantitative estimate of drug-likeness (QED) is 0.602. The van der Waals surface area contributed by atoms with Crippen molar-refractivity contribution in [2.75, 3.05) is 15.9 Å². The molecule has 1 N–H and O–H groups in total. The zero-order valence-corrected chi connectivity index (χ0v) is 18.2. The van der Waals surface area contributed by atoms with Gasteiger partial charge in [0.1, 0.15) is 0 Å². The first-order valence-electron chi connectivity index (χ1n) is 9.18. The maximum Gasteiger partial charge on any atom is 0.261 e. The molecule has 30 heavy (non-hydrogen) atoms. The van der Waals surface area contributed by atoms with E-state index in [1.807, 2.05) is 13.2 Å². The van der Waals surface area contributed by atoms with E-state index in [0.717, 1.165) is 11.3 Å². The molecule has 3 aromatic rings. The van der Waals surface area contributed by atoms with Crippen LogP contribution in [-0.4, -0.2) is 46.8 Å². The number of amides is 1. The predicted molar refractivity (Wildman–Crippen MR) is 115 cm³/mol. The fraction of sp³-hybridized carbons (Fsp3) is 0.263. The van der Waals surface area contributed by atoms with Gasteiger partial charge >= 0.3 is 0 Å². The molecule has 1 amide bonds. The van der Waals surface area contributed by atoms with Crippen molar-refractivity contribution in [3.8, 4) is 5.69 Å². The SMILES string of the molecule is CSc1nnnn1-c1cccc(NS(=O)(=O)c2ccc3c(c2)CC(C)N3C(C)=O)c1. The maximum atomic E-state index is 13.0. The van der Waals surface area contributed by atoms with Crippen molar-refractivity contribution >= 4 is 39.1 Å². The number of carbonyl (C=O) groups is 1. The molecule has 1 aromatic heterocycles. The molecule has 1 unspecified atom stereocenters. The number of tetrazole rings is 1. The number of hydrogen-bond acceptors (Lipinski definition) is 7. The fourth-order valence-electron chi connectivity index (χ4n) is 3.64. The Balaban J connectivity index is 1.63. The van der Waals surface area contributed by atoms with Crippen molar-refractivity contribution in [3.63, 3.8) is 0 Å². The molecule has 0 saturated heterocycles. The average Bonchev–Trinajstić information content (AvgIpc) is 3.30. The summed E-state index contributed by atoms with van der Waals surface area (Å²) in [5, 5.41) is 12.1. The van der Waals surface area contributed by atoms with Crippen LogP contribution in [0.2, 0.25) is 0 Å². The Hall–Kier alpha value is -2.92. The summed E-state index contributed by atoms with van der Waals surface area (Å²) in [6.45, 7) is 3.46. The normalized spacial score (nSPS) is 15.8. The summed E-state index contributed by atoms with van der Waals surface area (Å²) in [5.74, 6) is -0.0565. The van der Waals surface area contributed by atoms with Gasteiger partial charge in [-0.15, -0.1) is 5.10 Å². The van der Waals surface area contributed by atoms with Gasteiger partial charge in [0, 0.05) is 18.7 Å². The minimum Gasteiger partial charge on any atom is -0.309 e. The van der Waals surface area contributed by atoms with Gasteiger partial charge in [-0.05, 0) is 72.0 Å². The first kappa shape index (κ1) is 20.4. The molecule has 0 radical (unpaired) electrons. The molecule has 1 atom stereocenters. The Bertz CT molecular complexity index is 1220. The fourth-order valence-corrected chi connectivity index (χ4v) is 5.17. The smallest absolute Gasteiger partial charge is 0.261 e. The van der Waals surface area contributed by atoms with E-state index < -0.39 is 10.0 Å². The van der Waals surface area contributed by atoms with Gasteiger partial charge in [-0.1, -0.05) is 17.8 Å². The lowest BCUT2D eigenvalue weighted by molar-refractivity contribution is -0.116. The molecule has 0 fully saturated rings. The van der Waals surface area contributed by atoms with Crippen molar-refractivity contribution in [2.24, 2.45) is 0 Å². The average molecular weight is 445 g/mol.